The van der Waals surface area contributed by atoms with E-state index in [0.29, 0.717) is 12.8 Å². The van der Waals surface area contributed by atoms with Gasteiger partial charge in [0.2, 0.25) is 0 Å². The molecule has 0 aliphatic heterocycles. The number of hydrogen-bond donors (Lipinski definition) is 2. The van der Waals surface area contributed by atoms with Crippen molar-refractivity contribution < 1.29 is 13.6 Å². The Bertz CT molecular complexity index is 508. The van der Waals surface area contributed by atoms with Gasteiger partial charge in [-0.3, -0.25) is 14.0 Å². The molecule has 0 bridgehead atoms. The lowest BCUT2D eigenvalue weighted by atomic mass is 9.98. The number of rotatable bonds is 3. The van der Waals surface area contributed by atoms with Gasteiger partial charge in [0.1, 0.15) is 15.4 Å². The molecule has 1 saturated carbocycles. The molecule has 8 heteroatoms. The molecule has 1 fully saturated rings. The SMILES string of the molecule is O=C(NC1(C(F)F)CCCC1)c1s[nH]c(=O)c1Cl. The Morgan fingerprint density at radius 1 is 1.44 bits per heavy atom. The van der Waals surface area contributed by atoms with Gasteiger partial charge in [0.25, 0.3) is 17.9 Å². The summed E-state index contributed by atoms with van der Waals surface area (Å²) >= 11 is 6.38. The minimum absolute atomic E-state index is 0.0476. The molecule has 100 valence electrons. The van der Waals surface area contributed by atoms with Crippen LogP contribution >= 0.6 is 23.1 Å². The maximum atomic E-state index is 13.1. The third kappa shape index (κ3) is 2.29. The van der Waals surface area contributed by atoms with Gasteiger partial charge >= 0.3 is 0 Å². The largest absolute Gasteiger partial charge is 0.340 e. The number of aromatic amines is 1. The third-order valence-electron chi connectivity index (χ3n) is 3.13. The smallest absolute Gasteiger partial charge is 0.277 e. The van der Waals surface area contributed by atoms with Crippen LogP contribution in [0.1, 0.15) is 35.4 Å². The molecular formula is C10H11ClF2N2O2S. The van der Waals surface area contributed by atoms with E-state index in [4.69, 9.17) is 11.6 Å². The number of nitrogens with one attached hydrogen (secondary N) is 2. The van der Waals surface area contributed by atoms with Crippen molar-refractivity contribution >= 4 is 29.0 Å². The zero-order valence-corrected chi connectivity index (χ0v) is 10.8. The van der Waals surface area contributed by atoms with Gasteiger partial charge in [-0.2, -0.15) is 0 Å². The predicted molar refractivity (Wildman–Crippen MR) is 64.6 cm³/mol. The van der Waals surface area contributed by atoms with Gasteiger partial charge in [-0.25, -0.2) is 8.78 Å². The van der Waals surface area contributed by atoms with Crippen molar-refractivity contribution in [3.8, 4) is 0 Å². The van der Waals surface area contributed by atoms with Gasteiger partial charge < -0.3 is 5.32 Å². The van der Waals surface area contributed by atoms with Crippen molar-refractivity contribution in [1.82, 2.24) is 9.69 Å². The summed E-state index contributed by atoms with van der Waals surface area (Å²) in [5, 5.41) is 2.09. The van der Waals surface area contributed by atoms with Gasteiger partial charge in [0, 0.05) is 0 Å². The highest BCUT2D eigenvalue weighted by Crippen LogP contribution is 2.35. The molecule has 0 atom stereocenters. The normalized spacial score (nSPS) is 18.2. The average Bonchev–Trinajstić information content (AvgIpc) is 2.89. The minimum atomic E-state index is -2.63. The van der Waals surface area contributed by atoms with Crippen molar-refractivity contribution in [3.63, 3.8) is 0 Å². The van der Waals surface area contributed by atoms with E-state index in [0.717, 1.165) is 11.5 Å². The van der Waals surface area contributed by atoms with E-state index in [1.807, 2.05) is 0 Å². The number of alkyl halides is 2. The molecule has 0 unspecified atom stereocenters. The lowest BCUT2D eigenvalue weighted by Crippen LogP contribution is -2.51. The van der Waals surface area contributed by atoms with E-state index in [1.165, 1.54) is 0 Å². The number of amides is 1. The molecule has 1 aromatic rings. The molecule has 1 aliphatic carbocycles. The first-order valence-electron chi connectivity index (χ1n) is 5.44. The molecule has 2 N–H and O–H groups in total. The van der Waals surface area contributed by atoms with Gasteiger partial charge in [-0.05, 0) is 12.8 Å². The van der Waals surface area contributed by atoms with Gasteiger partial charge in [0.15, 0.2) is 0 Å². The Hall–Kier alpha value is -0.950. The predicted octanol–water partition coefficient (Wildman–Crippen LogP) is 2.40. The average molecular weight is 297 g/mol. The number of carbonyl (C=O) groups is 1. The molecule has 0 spiro atoms. The summed E-state index contributed by atoms with van der Waals surface area (Å²) in [5.74, 6) is -0.717. The topological polar surface area (TPSA) is 62.0 Å². The lowest BCUT2D eigenvalue weighted by molar-refractivity contribution is 0.0306. The maximum absolute atomic E-state index is 13.1. The number of aromatic nitrogens is 1. The van der Waals surface area contributed by atoms with Crippen LogP contribution in [0.5, 0.6) is 0 Å². The number of halogens is 3. The van der Waals surface area contributed by atoms with E-state index < -0.39 is 23.4 Å². The molecule has 0 aromatic carbocycles. The quantitative estimate of drug-likeness (QED) is 0.900. The zero-order valence-electron chi connectivity index (χ0n) is 9.26. The molecule has 0 radical (unpaired) electrons. The van der Waals surface area contributed by atoms with Crippen molar-refractivity contribution in [2.75, 3.05) is 0 Å². The van der Waals surface area contributed by atoms with E-state index in [1.54, 1.807) is 0 Å². The van der Waals surface area contributed by atoms with Crippen LogP contribution in [0.25, 0.3) is 0 Å². The van der Waals surface area contributed by atoms with E-state index in [2.05, 4.69) is 9.69 Å². The highest BCUT2D eigenvalue weighted by atomic mass is 35.5. The number of H-pyrrole nitrogens is 1. The molecule has 18 heavy (non-hydrogen) atoms. The van der Waals surface area contributed by atoms with Crippen LogP contribution < -0.4 is 10.9 Å². The van der Waals surface area contributed by atoms with Gasteiger partial charge in [0.05, 0.1) is 0 Å². The van der Waals surface area contributed by atoms with Crippen molar-refractivity contribution in [3.05, 3.63) is 20.3 Å². The Morgan fingerprint density at radius 2 is 2.06 bits per heavy atom. The summed E-state index contributed by atoms with van der Waals surface area (Å²) < 4.78 is 28.4. The van der Waals surface area contributed by atoms with Crippen LogP contribution in [0.2, 0.25) is 5.02 Å². The molecule has 1 aromatic heterocycles. The third-order valence-corrected chi connectivity index (χ3v) is 4.48. The van der Waals surface area contributed by atoms with Crippen LogP contribution in [0.4, 0.5) is 8.78 Å². The van der Waals surface area contributed by atoms with Gasteiger partial charge in [-0.15, -0.1) is 0 Å². The Balaban J connectivity index is 2.20. The van der Waals surface area contributed by atoms with Crippen molar-refractivity contribution in [2.24, 2.45) is 0 Å². The fraction of sp³-hybridized carbons (Fsp3) is 0.600. The second-order valence-corrected chi connectivity index (χ2v) is 5.49. The van der Waals surface area contributed by atoms with Crippen LogP contribution in [0.3, 0.4) is 0 Å². The summed E-state index contributed by atoms with van der Waals surface area (Å²) in [7, 11) is 0. The highest BCUT2D eigenvalue weighted by molar-refractivity contribution is 7.08. The summed E-state index contributed by atoms with van der Waals surface area (Å²) in [6, 6.07) is 0. The Kier molecular flexibility index (Phi) is 3.72. The van der Waals surface area contributed by atoms with Crippen LogP contribution in [-0.4, -0.2) is 22.2 Å². The van der Waals surface area contributed by atoms with E-state index >= 15 is 0 Å². The summed E-state index contributed by atoms with van der Waals surface area (Å²) in [4.78, 5) is 22.9. The Labute approximate surface area is 110 Å². The lowest BCUT2D eigenvalue weighted by Gasteiger charge is -2.29. The molecule has 4 nitrogen and oxygen atoms in total. The molecule has 1 heterocycles. The first-order valence-corrected chi connectivity index (χ1v) is 6.63. The summed E-state index contributed by atoms with van der Waals surface area (Å²) in [6.07, 6.45) is -0.831. The molecule has 2 rings (SSSR count). The van der Waals surface area contributed by atoms with Crippen LogP contribution in [-0.2, 0) is 0 Å². The monoisotopic (exact) mass is 296 g/mol. The Morgan fingerprint density at radius 3 is 2.50 bits per heavy atom. The molecule has 0 saturated heterocycles. The number of carbonyl (C=O) groups excluding carboxylic acids is 1. The van der Waals surface area contributed by atoms with Crippen molar-refractivity contribution in [1.29, 1.82) is 0 Å². The highest BCUT2D eigenvalue weighted by Gasteiger charge is 2.44. The standard InChI is InChI=1S/C10H11ClF2N2O2S/c11-5-6(18-15-7(5)16)8(17)14-10(9(12)13)3-1-2-4-10/h9H,1-4H2,(H,14,17)(H,15,16). The van der Waals surface area contributed by atoms with Crippen LogP contribution in [0.15, 0.2) is 4.79 Å². The maximum Gasteiger partial charge on any atom is 0.277 e. The first-order chi connectivity index (χ1) is 8.46. The second-order valence-electron chi connectivity index (χ2n) is 4.29. The van der Waals surface area contributed by atoms with E-state index in [-0.39, 0.29) is 22.7 Å². The fourth-order valence-corrected chi connectivity index (χ4v) is 3.05. The summed E-state index contributed by atoms with van der Waals surface area (Å²) in [5.41, 5.74) is -2.06. The fourth-order valence-electron chi connectivity index (χ4n) is 2.12. The molecule has 1 aliphatic rings. The minimum Gasteiger partial charge on any atom is -0.340 e. The second kappa shape index (κ2) is 4.97. The molecule has 1 amide bonds. The van der Waals surface area contributed by atoms with Gasteiger partial charge in [-0.1, -0.05) is 36.0 Å². The van der Waals surface area contributed by atoms with Crippen molar-refractivity contribution in [2.45, 2.75) is 37.6 Å². The first kappa shape index (κ1) is 13.5. The van der Waals surface area contributed by atoms with E-state index in [9.17, 15) is 18.4 Å². The summed E-state index contributed by atoms with van der Waals surface area (Å²) in [6.45, 7) is 0. The van der Waals surface area contributed by atoms with Crippen LogP contribution in [0, 0.1) is 0 Å². The zero-order chi connectivity index (χ0) is 13.3. The molecular weight excluding hydrogens is 286 g/mol. The number of hydrogen-bond acceptors (Lipinski definition) is 3.